The molecule has 0 radical (unpaired) electrons. The molecular weight excluding hydrogens is 464 g/mol. The third-order valence-electron chi connectivity index (χ3n) is 7.06. The van der Waals surface area contributed by atoms with E-state index in [9.17, 15) is 9.90 Å². The maximum atomic E-state index is 11.9. The summed E-state index contributed by atoms with van der Waals surface area (Å²) in [5, 5.41) is 10.5. The fourth-order valence-electron chi connectivity index (χ4n) is 4.60. The minimum absolute atomic E-state index is 0.0693. The van der Waals surface area contributed by atoms with E-state index < -0.39 is 0 Å². The lowest BCUT2D eigenvalue weighted by Crippen LogP contribution is -2.33. The molecule has 37 heavy (non-hydrogen) atoms. The molecule has 1 N–H and O–H groups in total. The van der Waals surface area contributed by atoms with Crippen LogP contribution in [-0.2, 0) is 16.0 Å². The highest BCUT2D eigenvalue weighted by molar-refractivity contribution is 5.87. The van der Waals surface area contributed by atoms with Crippen molar-refractivity contribution >= 4 is 11.5 Å². The van der Waals surface area contributed by atoms with E-state index >= 15 is 0 Å². The second-order valence-corrected chi connectivity index (χ2v) is 10.4. The van der Waals surface area contributed by atoms with Crippen LogP contribution < -0.4 is 0 Å². The standard InChI is InChI=1S/C31H46N2O4/c1-23-16-17-28(29(34)19-23)25(3)20-27-22-32-31(37-27)24(2)15-13-11-9-7-8-10-12-14-18-33(5)30(35)21-26(4)36-6/h7,9,11-14,21-23,25,28-29,34H,2,8,10,15-20H2,1,3-6H3/b9-7-,13-11-,14-12+,26-21+/t23-,25-,28+,29-/m1/s1. The monoisotopic (exact) mass is 510 g/mol. The van der Waals surface area contributed by atoms with Crippen molar-refractivity contribution in [1.29, 1.82) is 0 Å². The number of carbonyl (C=O) groups is 1. The Labute approximate surface area is 223 Å². The van der Waals surface area contributed by atoms with E-state index in [1.165, 1.54) is 12.5 Å². The molecule has 0 saturated heterocycles. The smallest absolute Gasteiger partial charge is 0.249 e. The number of ether oxygens (including phenoxy) is 1. The number of oxazole rings is 1. The van der Waals surface area contributed by atoms with Gasteiger partial charge in [-0.05, 0) is 56.8 Å². The van der Waals surface area contributed by atoms with Gasteiger partial charge in [-0.2, -0.15) is 0 Å². The summed E-state index contributed by atoms with van der Waals surface area (Å²) in [5.41, 5.74) is 0.854. The number of likely N-dealkylation sites (N-methyl/N-ethyl adjacent to an activating group) is 1. The van der Waals surface area contributed by atoms with Crippen LogP contribution in [0.25, 0.3) is 5.57 Å². The third kappa shape index (κ3) is 11.0. The quantitative estimate of drug-likeness (QED) is 0.101. The molecule has 1 aliphatic carbocycles. The third-order valence-corrected chi connectivity index (χ3v) is 7.06. The zero-order chi connectivity index (χ0) is 27.2. The lowest BCUT2D eigenvalue weighted by molar-refractivity contribution is -0.124. The van der Waals surface area contributed by atoms with Gasteiger partial charge in [-0.1, -0.05) is 63.3 Å². The van der Waals surface area contributed by atoms with Gasteiger partial charge in [0.25, 0.3) is 0 Å². The van der Waals surface area contributed by atoms with Crippen LogP contribution in [0, 0.1) is 17.8 Å². The summed E-state index contributed by atoms with van der Waals surface area (Å²) in [6.45, 7) is 10.9. The topological polar surface area (TPSA) is 75.8 Å². The minimum atomic E-state index is -0.212. The number of allylic oxidation sites excluding steroid dienone is 7. The molecule has 4 atom stereocenters. The number of aliphatic hydroxyl groups is 1. The van der Waals surface area contributed by atoms with Crippen molar-refractivity contribution in [2.45, 2.75) is 71.8 Å². The molecule has 6 heteroatoms. The Bertz CT molecular complexity index is 972. The molecule has 1 aromatic heterocycles. The van der Waals surface area contributed by atoms with Gasteiger partial charge in [0.2, 0.25) is 11.8 Å². The Hall–Kier alpha value is -2.86. The van der Waals surface area contributed by atoms with Gasteiger partial charge in [0.05, 0.1) is 25.2 Å². The Morgan fingerprint density at radius 2 is 2.00 bits per heavy atom. The summed E-state index contributed by atoms with van der Waals surface area (Å²) in [6.07, 6.45) is 21.9. The number of carbonyl (C=O) groups excluding carboxylic acids is 1. The van der Waals surface area contributed by atoms with Gasteiger partial charge in [0, 0.05) is 31.7 Å². The van der Waals surface area contributed by atoms with Gasteiger partial charge in [-0.15, -0.1) is 0 Å². The van der Waals surface area contributed by atoms with Crippen molar-refractivity contribution in [1.82, 2.24) is 9.88 Å². The number of nitrogens with zero attached hydrogens (tertiary/aromatic N) is 2. The number of hydrogen-bond acceptors (Lipinski definition) is 5. The molecule has 1 aliphatic rings. The summed E-state index contributed by atoms with van der Waals surface area (Å²) in [6, 6.07) is 0. The minimum Gasteiger partial charge on any atom is -0.501 e. The van der Waals surface area contributed by atoms with E-state index in [1.807, 2.05) is 18.2 Å². The largest absolute Gasteiger partial charge is 0.501 e. The molecule has 0 unspecified atom stereocenters. The lowest BCUT2D eigenvalue weighted by atomic mass is 9.74. The molecule has 1 heterocycles. The number of hydrogen-bond donors (Lipinski definition) is 1. The second-order valence-electron chi connectivity index (χ2n) is 10.4. The van der Waals surface area contributed by atoms with Crippen molar-refractivity contribution in [3.63, 3.8) is 0 Å². The van der Waals surface area contributed by atoms with Crippen LogP contribution in [0.1, 0.15) is 70.9 Å². The average Bonchev–Trinajstić information content (AvgIpc) is 3.33. The van der Waals surface area contributed by atoms with E-state index in [1.54, 1.807) is 32.2 Å². The van der Waals surface area contributed by atoms with Crippen molar-refractivity contribution in [2.24, 2.45) is 17.8 Å². The fraction of sp³-hybridized carbons (Fsp3) is 0.548. The summed E-state index contributed by atoms with van der Waals surface area (Å²) in [4.78, 5) is 18.0. The zero-order valence-electron chi connectivity index (χ0n) is 23.4. The average molecular weight is 511 g/mol. The van der Waals surface area contributed by atoms with Crippen LogP contribution in [0.4, 0.5) is 0 Å². The Balaban J connectivity index is 1.65. The Morgan fingerprint density at radius 1 is 1.27 bits per heavy atom. The first kappa shape index (κ1) is 30.4. The molecule has 2 rings (SSSR count). The second kappa shape index (κ2) is 16.1. The van der Waals surface area contributed by atoms with E-state index in [0.717, 1.165) is 43.4 Å². The first-order valence-electron chi connectivity index (χ1n) is 13.5. The number of amides is 1. The first-order chi connectivity index (χ1) is 17.7. The number of rotatable bonds is 14. The molecule has 1 saturated carbocycles. The molecule has 204 valence electrons. The van der Waals surface area contributed by atoms with Crippen molar-refractivity contribution in [2.75, 3.05) is 20.7 Å². The number of aromatic nitrogens is 1. The van der Waals surface area contributed by atoms with Crippen LogP contribution in [0.5, 0.6) is 0 Å². The van der Waals surface area contributed by atoms with Gasteiger partial charge in [0.15, 0.2) is 0 Å². The van der Waals surface area contributed by atoms with E-state index in [4.69, 9.17) is 9.15 Å². The Morgan fingerprint density at radius 3 is 2.73 bits per heavy atom. The zero-order valence-corrected chi connectivity index (χ0v) is 23.4. The van der Waals surface area contributed by atoms with Crippen molar-refractivity contribution < 1.29 is 19.1 Å². The normalized spacial score (nSPS) is 21.7. The highest BCUT2D eigenvalue weighted by Gasteiger charge is 2.31. The highest BCUT2D eigenvalue weighted by atomic mass is 16.5. The van der Waals surface area contributed by atoms with Crippen LogP contribution in [0.3, 0.4) is 0 Å². The molecule has 0 aliphatic heterocycles. The molecule has 1 amide bonds. The maximum Gasteiger partial charge on any atom is 0.249 e. The summed E-state index contributed by atoms with van der Waals surface area (Å²) < 4.78 is 11.0. The summed E-state index contributed by atoms with van der Waals surface area (Å²) >= 11 is 0. The van der Waals surface area contributed by atoms with Gasteiger partial charge in [0.1, 0.15) is 5.76 Å². The Kier molecular flexibility index (Phi) is 13.2. The summed E-state index contributed by atoms with van der Waals surface area (Å²) in [7, 11) is 3.32. The number of unbranched alkanes of at least 4 members (excludes halogenated alkanes) is 1. The summed E-state index contributed by atoms with van der Waals surface area (Å²) in [5.74, 6) is 3.30. The SMILES string of the molecule is C=C(C/C=C\C=C/CC/C=C/CN(C)C(=O)/C=C(\C)OC)c1ncc(C[C@@H](C)[C@@H]2CC[C@@H](C)C[C@H]2O)o1. The predicted molar refractivity (Wildman–Crippen MR) is 151 cm³/mol. The molecule has 0 aromatic carbocycles. The predicted octanol–water partition coefficient (Wildman–Crippen LogP) is 6.51. The highest BCUT2D eigenvalue weighted by Crippen LogP contribution is 2.35. The van der Waals surface area contributed by atoms with E-state index in [0.29, 0.717) is 42.4 Å². The van der Waals surface area contributed by atoms with Gasteiger partial charge >= 0.3 is 0 Å². The molecule has 1 aromatic rings. The van der Waals surface area contributed by atoms with Crippen LogP contribution in [-0.4, -0.2) is 47.7 Å². The van der Waals surface area contributed by atoms with Crippen LogP contribution in [0.2, 0.25) is 0 Å². The van der Waals surface area contributed by atoms with E-state index in [2.05, 4.69) is 43.6 Å². The number of methoxy groups -OCH3 is 1. The number of aliphatic hydroxyl groups excluding tert-OH is 1. The molecular formula is C31H46N2O4. The van der Waals surface area contributed by atoms with E-state index in [-0.39, 0.29) is 12.0 Å². The first-order valence-corrected chi connectivity index (χ1v) is 13.5. The van der Waals surface area contributed by atoms with Crippen molar-refractivity contribution in [3.05, 3.63) is 72.7 Å². The maximum absolute atomic E-state index is 11.9. The fourth-order valence-corrected chi connectivity index (χ4v) is 4.60. The lowest BCUT2D eigenvalue weighted by Gasteiger charge is -2.35. The van der Waals surface area contributed by atoms with Gasteiger partial charge in [-0.25, -0.2) is 4.98 Å². The van der Waals surface area contributed by atoms with Crippen molar-refractivity contribution in [3.8, 4) is 0 Å². The van der Waals surface area contributed by atoms with Crippen LogP contribution in [0.15, 0.2) is 65.5 Å². The molecule has 1 fully saturated rings. The molecule has 0 spiro atoms. The van der Waals surface area contributed by atoms with Gasteiger partial charge < -0.3 is 19.2 Å². The van der Waals surface area contributed by atoms with Crippen LogP contribution >= 0.6 is 0 Å². The molecule has 6 nitrogen and oxygen atoms in total. The molecule has 0 bridgehead atoms. The van der Waals surface area contributed by atoms with Gasteiger partial charge in [-0.3, -0.25) is 4.79 Å².